The molecule has 8 heteroatoms. The highest BCUT2D eigenvalue weighted by molar-refractivity contribution is 7.89. The van der Waals surface area contributed by atoms with Crippen LogP contribution in [0.4, 0.5) is 5.69 Å². The van der Waals surface area contributed by atoms with Crippen LogP contribution in [0.5, 0.6) is 0 Å². The summed E-state index contributed by atoms with van der Waals surface area (Å²) in [5.41, 5.74) is 3.16. The molecule has 7 nitrogen and oxygen atoms in total. The number of nitrogens with one attached hydrogen (secondary N) is 1. The standard InChI is InChI=1S/C25H36N4O3S/c1-4-29(5-2)33(31,32)24-13-8-12-23(18-24)26-25(30)20-28-15-9-14-27(16-17-28)19-22-11-7-6-10-21(22)3/h6-8,10-13,18H,4-5,9,14-17,19-20H2,1-3H3,(H,26,30). The van der Waals surface area contributed by atoms with Crippen LogP contribution in [0.15, 0.2) is 53.4 Å². The Morgan fingerprint density at radius 2 is 1.67 bits per heavy atom. The largest absolute Gasteiger partial charge is 0.325 e. The number of hydrogen-bond acceptors (Lipinski definition) is 5. The molecule has 2 aromatic rings. The number of aryl methyl sites for hydroxylation is 1. The molecule has 0 spiro atoms. The van der Waals surface area contributed by atoms with Gasteiger partial charge in [0, 0.05) is 38.4 Å². The molecule has 0 aromatic heterocycles. The third-order valence-corrected chi connectivity index (χ3v) is 8.21. The number of rotatable bonds is 9. The molecule has 180 valence electrons. The van der Waals surface area contributed by atoms with Crippen LogP contribution in [0.1, 0.15) is 31.4 Å². The Hall–Kier alpha value is -2.26. The van der Waals surface area contributed by atoms with E-state index < -0.39 is 10.0 Å². The van der Waals surface area contributed by atoms with Crippen molar-refractivity contribution >= 4 is 21.6 Å². The second-order valence-electron chi connectivity index (χ2n) is 8.50. The zero-order valence-corrected chi connectivity index (χ0v) is 20.8. The topological polar surface area (TPSA) is 73.0 Å². The van der Waals surface area contributed by atoms with Crippen molar-refractivity contribution < 1.29 is 13.2 Å². The molecule has 0 unspecified atom stereocenters. The molecule has 1 heterocycles. The Morgan fingerprint density at radius 1 is 0.970 bits per heavy atom. The van der Waals surface area contributed by atoms with Gasteiger partial charge in [0.25, 0.3) is 0 Å². The van der Waals surface area contributed by atoms with Gasteiger partial charge in [0.2, 0.25) is 15.9 Å². The van der Waals surface area contributed by atoms with Gasteiger partial charge in [-0.25, -0.2) is 8.42 Å². The number of carbonyl (C=O) groups is 1. The van der Waals surface area contributed by atoms with Crippen LogP contribution >= 0.6 is 0 Å². The molecule has 1 saturated heterocycles. The van der Waals surface area contributed by atoms with E-state index in [0.29, 0.717) is 25.3 Å². The summed E-state index contributed by atoms with van der Waals surface area (Å²) >= 11 is 0. The van der Waals surface area contributed by atoms with Crippen molar-refractivity contribution in [2.75, 3.05) is 51.1 Å². The quantitative estimate of drug-likeness (QED) is 0.607. The average molecular weight is 473 g/mol. The molecular weight excluding hydrogens is 436 g/mol. The van der Waals surface area contributed by atoms with E-state index in [4.69, 9.17) is 0 Å². The molecule has 1 fully saturated rings. The highest BCUT2D eigenvalue weighted by Gasteiger charge is 2.22. The molecule has 3 rings (SSSR count). The fourth-order valence-electron chi connectivity index (χ4n) is 4.22. The van der Waals surface area contributed by atoms with Gasteiger partial charge >= 0.3 is 0 Å². The zero-order valence-electron chi connectivity index (χ0n) is 20.0. The smallest absolute Gasteiger partial charge is 0.243 e. The number of carbonyl (C=O) groups excluding carboxylic acids is 1. The van der Waals surface area contributed by atoms with E-state index in [1.807, 2.05) is 13.8 Å². The lowest BCUT2D eigenvalue weighted by Crippen LogP contribution is -2.36. The number of sulfonamides is 1. The second kappa shape index (κ2) is 11.7. The maximum atomic E-state index is 12.8. The van der Waals surface area contributed by atoms with E-state index in [0.717, 1.165) is 39.1 Å². The summed E-state index contributed by atoms with van der Waals surface area (Å²) in [5.74, 6) is -0.125. The molecule has 1 aliphatic heterocycles. The lowest BCUT2D eigenvalue weighted by atomic mass is 10.1. The Kier molecular flexibility index (Phi) is 9.02. The van der Waals surface area contributed by atoms with Crippen LogP contribution in [-0.2, 0) is 21.4 Å². The van der Waals surface area contributed by atoms with Crippen LogP contribution in [0.2, 0.25) is 0 Å². The Morgan fingerprint density at radius 3 is 2.39 bits per heavy atom. The molecule has 2 aromatic carbocycles. The highest BCUT2D eigenvalue weighted by atomic mass is 32.2. The maximum Gasteiger partial charge on any atom is 0.243 e. The lowest BCUT2D eigenvalue weighted by Gasteiger charge is -2.22. The number of anilines is 1. The predicted octanol–water partition coefficient (Wildman–Crippen LogP) is 3.17. The van der Waals surface area contributed by atoms with E-state index in [1.165, 1.54) is 21.5 Å². The van der Waals surface area contributed by atoms with Crippen LogP contribution in [0, 0.1) is 6.92 Å². The van der Waals surface area contributed by atoms with Gasteiger partial charge in [0.1, 0.15) is 0 Å². The van der Waals surface area contributed by atoms with Gasteiger partial charge in [0.05, 0.1) is 11.4 Å². The van der Waals surface area contributed by atoms with Gasteiger partial charge < -0.3 is 5.32 Å². The molecule has 0 aliphatic carbocycles. The van der Waals surface area contributed by atoms with Gasteiger partial charge in [0.15, 0.2) is 0 Å². The number of nitrogens with zero attached hydrogens (tertiary/aromatic N) is 3. The van der Waals surface area contributed by atoms with Crippen LogP contribution < -0.4 is 5.32 Å². The van der Waals surface area contributed by atoms with E-state index in [9.17, 15) is 13.2 Å². The van der Waals surface area contributed by atoms with E-state index in [2.05, 4.69) is 46.3 Å². The minimum Gasteiger partial charge on any atom is -0.325 e. The average Bonchev–Trinajstić information content (AvgIpc) is 3.01. The van der Waals surface area contributed by atoms with Gasteiger partial charge in [-0.2, -0.15) is 4.31 Å². The first-order valence-electron chi connectivity index (χ1n) is 11.7. The summed E-state index contributed by atoms with van der Waals surface area (Å²) in [7, 11) is -3.56. The Balaban J connectivity index is 1.55. The molecule has 0 bridgehead atoms. The highest BCUT2D eigenvalue weighted by Crippen LogP contribution is 2.20. The lowest BCUT2D eigenvalue weighted by molar-refractivity contribution is -0.117. The van der Waals surface area contributed by atoms with E-state index in [1.54, 1.807) is 18.2 Å². The molecule has 0 atom stereocenters. The minimum atomic E-state index is -3.56. The molecule has 0 radical (unpaired) electrons. The first-order chi connectivity index (χ1) is 15.8. The summed E-state index contributed by atoms with van der Waals surface area (Å²) in [6.07, 6.45) is 1.01. The van der Waals surface area contributed by atoms with Gasteiger partial charge in [-0.15, -0.1) is 0 Å². The monoisotopic (exact) mass is 472 g/mol. The molecule has 33 heavy (non-hydrogen) atoms. The molecule has 1 amide bonds. The van der Waals surface area contributed by atoms with E-state index >= 15 is 0 Å². The van der Waals surface area contributed by atoms with Crippen molar-refractivity contribution in [2.45, 2.75) is 38.6 Å². The summed E-state index contributed by atoms with van der Waals surface area (Å²) in [6, 6.07) is 15.0. The van der Waals surface area contributed by atoms with Crippen LogP contribution in [0.25, 0.3) is 0 Å². The summed E-state index contributed by atoms with van der Waals surface area (Å²) in [4.78, 5) is 17.5. The zero-order chi connectivity index (χ0) is 23.8. The van der Waals surface area contributed by atoms with Gasteiger partial charge in [-0.3, -0.25) is 14.6 Å². The third kappa shape index (κ3) is 6.86. The third-order valence-electron chi connectivity index (χ3n) is 6.16. The Bertz CT molecular complexity index is 1040. The summed E-state index contributed by atoms with van der Waals surface area (Å²) < 4.78 is 27.0. The van der Waals surface area contributed by atoms with Crippen LogP contribution in [0.3, 0.4) is 0 Å². The van der Waals surface area contributed by atoms with Crippen molar-refractivity contribution in [1.29, 1.82) is 0 Å². The molecule has 1 N–H and O–H groups in total. The first kappa shape index (κ1) is 25.4. The van der Waals surface area contributed by atoms with Gasteiger partial charge in [-0.1, -0.05) is 44.2 Å². The number of benzene rings is 2. The maximum absolute atomic E-state index is 12.8. The first-order valence-corrected chi connectivity index (χ1v) is 13.2. The van der Waals surface area contributed by atoms with Crippen molar-refractivity contribution in [2.24, 2.45) is 0 Å². The van der Waals surface area contributed by atoms with Crippen molar-refractivity contribution in [3.63, 3.8) is 0 Å². The SMILES string of the molecule is CCN(CC)S(=O)(=O)c1cccc(NC(=O)CN2CCCN(Cc3ccccc3C)CC2)c1. The van der Waals surface area contributed by atoms with Crippen molar-refractivity contribution in [3.05, 3.63) is 59.7 Å². The van der Waals surface area contributed by atoms with Crippen molar-refractivity contribution in [1.82, 2.24) is 14.1 Å². The molecule has 0 saturated carbocycles. The van der Waals surface area contributed by atoms with Crippen molar-refractivity contribution in [3.8, 4) is 0 Å². The normalized spacial score (nSPS) is 16.0. The predicted molar refractivity (Wildman–Crippen MR) is 133 cm³/mol. The Labute approximate surface area is 198 Å². The van der Waals surface area contributed by atoms with E-state index in [-0.39, 0.29) is 10.8 Å². The van der Waals surface area contributed by atoms with Crippen LogP contribution in [-0.4, -0.2) is 74.2 Å². The van der Waals surface area contributed by atoms with Gasteiger partial charge in [-0.05, 0) is 55.8 Å². The fraction of sp³-hybridized carbons (Fsp3) is 0.480. The number of amides is 1. The fourth-order valence-corrected chi connectivity index (χ4v) is 5.72. The minimum absolute atomic E-state index is 0.125. The number of hydrogen-bond donors (Lipinski definition) is 1. The summed E-state index contributed by atoms with van der Waals surface area (Å²) in [6.45, 7) is 11.4. The second-order valence-corrected chi connectivity index (χ2v) is 10.4. The summed E-state index contributed by atoms with van der Waals surface area (Å²) in [5, 5.41) is 2.88. The molecular formula is C25H36N4O3S. The molecule has 1 aliphatic rings.